The van der Waals surface area contributed by atoms with Crippen molar-refractivity contribution in [1.82, 2.24) is 9.78 Å². The molecule has 0 bridgehead atoms. The van der Waals surface area contributed by atoms with E-state index in [2.05, 4.69) is 5.10 Å². The van der Waals surface area contributed by atoms with Gasteiger partial charge in [0.1, 0.15) is 11.4 Å². The minimum Gasteiger partial charge on any atom is -0.324 e. The Morgan fingerprint density at radius 2 is 2.05 bits per heavy atom. The summed E-state index contributed by atoms with van der Waals surface area (Å²) in [6.45, 7) is 1.63. The van der Waals surface area contributed by atoms with Gasteiger partial charge in [-0.2, -0.15) is 5.10 Å². The van der Waals surface area contributed by atoms with E-state index in [1.807, 2.05) is 30.3 Å². The molecule has 1 heterocycles. The van der Waals surface area contributed by atoms with Gasteiger partial charge in [0.15, 0.2) is 0 Å². The number of hydrogen-bond acceptors (Lipinski definition) is 4. The van der Waals surface area contributed by atoms with Gasteiger partial charge in [-0.15, -0.1) is 0 Å². The van der Waals surface area contributed by atoms with Crippen molar-refractivity contribution < 1.29 is 4.92 Å². The van der Waals surface area contributed by atoms with Crippen LogP contribution in [0.5, 0.6) is 0 Å². The van der Waals surface area contributed by atoms with Gasteiger partial charge in [-0.1, -0.05) is 30.3 Å². The third kappa shape index (κ3) is 2.63. The van der Waals surface area contributed by atoms with Gasteiger partial charge < -0.3 is 5.73 Å². The molecule has 2 rings (SSSR count). The molecule has 0 fully saturated rings. The van der Waals surface area contributed by atoms with Crippen molar-refractivity contribution in [2.24, 2.45) is 12.8 Å². The van der Waals surface area contributed by atoms with Crippen LogP contribution in [0.1, 0.15) is 23.0 Å². The average Bonchev–Trinajstić information content (AvgIpc) is 2.65. The fraction of sp³-hybridized carbons (Fsp3) is 0.308. The first-order valence-electron chi connectivity index (χ1n) is 5.98. The molecule has 1 atom stereocenters. The number of nitrogens with two attached hydrogens (primary N) is 1. The van der Waals surface area contributed by atoms with Gasteiger partial charge in [0.25, 0.3) is 0 Å². The monoisotopic (exact) mass is 260 g/mol. The summed E-state index contributed by atoms with van der Waals surface area (Å²) in [4.78, 5) is 10.7. The molecule has 0 saturated carbocycles. The summed E-state index contributed by atoms with van der Waals surface area (Å²) in [6, 6.07) is 9.26. The quantitative estimate of drug-likeness (QED) is 0.671. The maximum absolute atomic E-state index is 11.1. The summed E-state index contributed by atoms with van der Waals surface area (Å²) in [5, 5.41) is 15.2. The van der Waals surface area contributed by atoms with Crippen LogP contribution in [-0.2, 0) is 13.5 Å². The van der Waals surface area contributed by atoms with E-state index in [-0.39, 0.29) is 11.7 Å². The number of rotatable bonds is 4. The van der Waals surface area contributed by atoms with Gasteiger partial charge in [0.2, 0.25) is 0 Å². The van der Waals surface area contributed by atoms with E-state index < -0.39 is 4.92 Å². The first-order chi connectivity index (χ1) is 9.00. The highest BCUT2D eigenvalue weighted by atomic mass is 16.6. The molecule has 19 heavy (non-hydrogen) atoms. The second kappa shape index (κ2) is 5.19. The lowest BCUT2D eigenvalue weighted by Gasteiger charge is -2.11. The lowest BCUT2D eigenvalue weighted by molar-refractivity contribution is -0.386. The van der Waals surface area contributed by atoms with Crippen LogP contribution >= 0.6 is 0 Å². The minimum absolute atomic E-state index is 0.0638. The highest BCUT2D eigenvalue weighted by Gasteiger charge is 2.25. The molecular formula is C13H16N4O2. The van der Waals surface area contributed by atoms with E-state index >= 15 is 0 Å². The molecule has 0 saturated heterocycles. The van der Waals surface area contributed by atoms with E-state index in [4.69, 9.17) is 5.73 Å². The molecule has 1 unspecified atom stereocenters. The van der Waals surface area contributed by atoms with E-state index in [0.717, 1.165) is 5.56 Å². The van der Waals surface area contributed by atoms with Crippen molar-refractivity contribution in [1.29, 1.82) is 0 Å². The van der Waals surface area contributed by atoms with Gasteiger partial charge in [-0.3, -0.25) is 14.8 Å². The normalized spacial score (nSPS) is 12.4. The van der Waals surface area contributed by atoms with E-state index in [1.165, 1.54) is 4.68 Å². The predicted octanol–water partition coefficient (Wildman–Crippen LogP) is 1.88. The van der Waals surface area contributed by atoms with Crippen molar-refractivity contribution >= 4 is 5.69 Å². The molecule has 1 aromatic heterocycles. The Morgan fingerprint density at radius 3 is 2.63 bits per heavy atom. The van der Waals surface area contributed by atoms with Crippen LogP contribution in [-0.4, -0.2) is 14.7 Å². The van der Waals surface area contributed by atoms with Gasteiger partial charge in [-0.05, 0) is 12.5 Å². The topological polar surface area (TPSA) is 87.0 Å². The summed E-state index contributed by atoms with van der Waals surface area (Å²) in [7, 11) is 1.70. The Kier molecular flexibility index (Phi) is 3.62. The molecule has 6 heteroatoms. The zero-order chi connectivity index (χ0) is 14.0. The Morgan fingerprint density at radius 1 is 1.42 bits per heavy atom. The second-order valence-electron chi connectivity index (χ2n) is 4.48. The smallest absolute Gasteiger partial charge is 0.313 e. The first-order valence-corrected chi connectivity index (χ1v) is 5.98. The number of benzene rings is 1. The number of nitrogens with zero attached hydrogens (tertiary/aromatic N) is 3. The zero-order valence-electron chi connectivity index (χ0n) is 10.9. The van der Waals surface area contributed by atoms with Crippen LogP contribution in [0, 0.1) is 17.0 Å². The molecule has 0 aliphatic heterocycles. The number of aryl methyl sites for hydroxylation is 2. The van der Waals surface area contributed by atoms with E-state index in [1.54, 1.807) is 14.0 Å². The molecule has 2 aromatic rings. The Balaban J connectivity index is 2.31. The van der Waals surface area contributed by atoms with Gasteiger partial charge in [0.05, 0.1) is 4.92 Å². The molecule has 0 radical (unpaired) electrons. The third-order valence-corrected chi connectivity index (χ3v) is 3.13. The van der Waals surface area contributed by atoms with Crippen LogP contribution in [0.15, 0.2) is 30.3 Å². The lowest BCUT2D eigenvalue weighted by atomic mass is 10.0. The summed E-state index contributed by atoms with van der Waals surface area (Å²) in [5.41, 5.74) is 8.10. The maximum atomic E-state index is 11.1. The van der Waals surface area contributed by atoms with E-state index in [9.17, 15) is 10.1 Å². The molecule has 0 aliphatic rings. The van der Waals surface area contributed by atoms with Gasteiger partial charge in [-0.25, -0.2) is 0 Å². The molecule has 6 nitrogen and oxygen atoms in total. The minimum atomic E-state index is -0.393. The molecule has 1 aromatic carbocycles. The van der Waals surface area contributed by atoms with Crippen molar-refractivity contribution in [2.75, 3.05) is 0 Å². The molecule has 0 amide bonds. The fourth-order valence-corrected chi connectivity index (χ4v) is 2.19. The van der Waals surface area contributed by atoms with Crippen LogP contribution in [0.25, 0.3) is 0 Å². The second-order valence-corrected chi connectivity index (χ2v) is 4.48. The largest absolute Gasteiger partial charge is 0.324 e. The molecule has 2 N–H and O–H groups in total. The SMILES string of the molecule is Cc1nn(C)c(CC(N)c2ccccc2)c1[N+](=O)[O-]. The highest BCUT2D eigenvalue weighted by Crippen LogP contribution is 2.26. The average molecular weight is 260 g/mol. The standard InChI is InChI=1S/C13H16N4O2/c1-9-13(17(18)19)12(16(2)15-9)8-11(14)10-6-4-3-5-7-10/h3-7,11H,8,14H2,1-2H3. The number of nitro groups is 1. The van der Waals surface area contributed by atoms with E-state index in [0.29, 0.717) is 17.8 Å². The maximum Gasteiger partial charge on any atom is 0.313 e. The zero-order valence-corrected chi connectivity index (χ0v) is 10.9. The van der Waals surface area contributed by atoms with Crippen molar-refractivity contribution in [3.8, 4) is 0 Å². The predicted molar refractivity (Wildman–Crippen MR) is 71.7 cm³/mol. The summed E-state index contributed by atoms with van der Waals surface area (Å²) in [6.07, 6.45) is 0.387. The van der Waals surface area contributed by atoms with Crippen molar-refractivity contribution in [3.05, 3.63) is 57.4 Å². The van der Waals surface area contributed by atoms with Crippen molar-refractivity contribution in [2.45, 2.75) is 19.4 Å². The summed E-state index contributed by atoms with van der Waals surface area (Å²) >= 11 is 0. The Hall–Kier alpha value is -2.21. The summed E-state index contributed by atoms with van der Waals surface area (Å²) in [5.74, 6) is 0. The van der Waals surface area contributed by atoms with Gasteiger partial charge >= 0.3 is 5.69 Å². The lowest BCUT2D eigenvalue weighted by Crippen LogP contribution is -2.16. The first kappa shape index (κ1) is 13.2. The highest BCUT2D eigenvalue weighted by molar-refractivity contribution is 5.41. The molecule has 100 valence electrons. The molecule has 0 aliphatic carbocycles. The molecule has 0 spiro atoms. The summed E-state index contributed by atoms with van der Waals surface area (Å²) < 4.78 is 1.54. The Labute approximate surface area is 111 Å². The Bertz CT molecular complexity index is 592. The molecular weight excluding hydrogens is 244 g/mol. The third-order valence-electron chi connectivity index (χ3n) is 3.13. The fourth-order valence-electron chi connectivity index (χ4n) is 2.19. The number of hydrogen-bond donors (Lipinski definition) is 1. The number of aromatic nitrogens is 2. The van der Waals surface area contributed by atoms with Crippen LogP contribution < -0.4 is 5.73 Å². The van der Waals surface area contributed by atoms with Crippen LogP contribution in [0.2, 0.25) is 0 Å². The van der Waals surface area contributed by atoms with Crippen LogP contribution in [0.4, 0.5) is 5.69 Å². The van der Waals surface area contributed by atoms with Crippen molar-refractivity contribution in [3.63, 3.8) is 0 Å². The van der Waals surface area contributed by atoms with Gasteiger partial charge in [0, 0.05) is 19.5 Å². The van der Waals surface area contributed by atoms with Crippen LogP contribution in [0.3, 0.4) is 0 Å².